The number of aromatic amines is 1. The van der Waals surface area contributed by atoms with Crippen LogP contribution in [-0.2, 0) is 13.0 Å². The van der Waals surface area contributed by atoms with Crippen LogP contribution in [0.5, 0.6) is 0 Å². The highest BCUT2D eigenvalue weighted by Crippen LogP contribution is 2.20. The lowest BCUT2D eigenvalue weighted by Gasteiger charge is -2.06. The van der Waals surface area contributed by atoms with Gasteiger partial charge < -0.3 is 10.3 Å². The molecular weight excluding hydrogens is 363 g/mol. The van der Waals surface area contributed by atoms with E-state index in [9.17, 15) is 9.18 Å². The minimum absolute atomic E-state index is 0.144. The average molecular weight is 382 g/mol. The largest absolute Gasteiger partial charge is 0.312 e. The molecule has 0 aliphatic heterocycles. The number of thiophene rings is 1. The molecular formula is C20H19FN4OS. The number of aryl methyl sites for hydroxylation is 1. The van der Waals surface area contributed by atoms with Crippen LogP contribution in [0.3, 0.4) is 0 Å². The van der Waals surface area contributed by atoms with Crippen molar-refractivity contribution >= 4 is 22.4 Å². The van der Waals surface area contributed by atoms with Gasteiger partial charge in [-0.25, -0.2) is 9.07 Å². The molecule has 0 unspecified atom stereocenters. The Balaban J connectivity index is 1.57. The Hall–Kier alpha value is -2.77. The lowest BCUT2D eigenvalue weighted by molar-refractivity contribution is 0.627. The van der Waals surface area contributed by atoms with E-state index in [0.717, 1.165) is 24.0 Å². The number of benzene rings is 1. The Morgan fingerprint density at radius 1 is 1.26 bits per heavy atom. The Kier molecular flexibility index (Phi) is 4.87. The van der Waals surface area contributed by atoms with Crippen molar-refractivity contribution in [1.82, 2.24) is 20.1 Å². The van der Waals surface area contributed by atoms with Crippen LogP contribution in [0, 0.1) is 12.7 Å². The molecule has 0 bridgehead atoms. The summed E-state index contributed by atoms with van der Waals surface area (Å²) in [5.41, 5.74) is 2.66. The number of aromatic nitrogens is 3. The molecule has 0 fully saturated rings. The van der Waals surface area contributed by atoms with E-state index >= 15 is 0 Å². The number of hydrogen-bond donors (Lipinski definition) is 2. The van der Waals surface area contributed by atoms with Crippen molar-refractivity contribution in [3.05, 3.63) is 80.2 Å². The minimum atomic E-state index is -0.309. The van der Waals surface area contributed by atoms with Crippen LogP contribution in [0.1, 0.15) is 16.1 Å². The third kappa shape index (κ3) is 3.70. The van der Waals surface area contributed by atoms with Crippen LogP contribution >= 0.6 is 11.3 Å². The Morgan fingerprint density at radius 3 is 2.81 bits per heavy atom. The molecule has 0 aliphatic rings. The number of fused-ring (bicyclic) bond motifs is 1. The van der Waals surface area contributed by atoms with Crippen LogP contribution in [0.25, 0.3) is 16.7 Å². The van der Waals surface area contributed by atoms with Crippen molar-refractivity contribution in [3.8, 4) is 5.69 Å². The Morgan fingerprint density at radius 2 is 2.07 bits per heavy atom. The maximum Gasteiger partial charge on any atom is 0.254 e. The van der Waals surface area contributed by atoms with Crippen molar-refractivity contribution in [2.45, 2.75) is 19.9 Å². The van der Waals surface area contributed by atoms with Crippen LogP contribution in [0.4, 0.5) is 4.39 Å². The summed E-state index contributed by atoms with van der Waals surface area (Å²) in [6.45, 7) is 3.21. The first-order chi connectivity index (χ1) is 13.1. The van der Waals surface area contributed by atoms with Crippen LogP contribution < -0.4 is 10.9 Å². The second-order valence-corrected chi connectivity index (χ2v) is 7.40. The first-order valence-electron chi connectivity index (χ1n) is 8.72. The molecule has 0 spiro atoms. The Labute approximate surface area is 159 Å². The molecule has 0 amide bonds. The molecule has 138 valence electrons. The normalized spacial score (nSPS) is 11.3. The van der Waals surface area contributed by atoms with Crippen LogP contribution in [-0.4, -0.2) is 21.3 Å². The van der Waals surface area contributed by atoms with Gasteiger partial charge in [0.05, 0.1) is 11.4 Å². The van der Waals surface area contributed by atoms with Gasteiger partial charge in [0.25, 0.3) is 5.56 Å². The third-order valence-electron chi connectivity index (χ3n) is 4.46. The molecule has 1 aromatic carbocycles. The zero-order chi connectivity index (χ0) is 18.8. The fourth-order valence-corrected chi connectivity index (χ4v) is 3.76. The molecule has 0 saturated carbocycles. The summed E-state index contributed by atoms with van der Waals surface area (Å²) in [6, 6.07) is 12.1. The van der Waals surface area contributed by atoms with Crippen LogP contribution in [0.2, 0.25) is 0 Å². The van der Waals surface area contributed by atoms with E-state index in [1.807, 2.05) is 19.1 Å². The number of hydrogen-bond acceptors (Lipinski definition) is 4. The van der Waals surface area contributed by atoms with Gasteiger partial charge in [0, 0.05) is 28.9 Å². The summed E-state index contributed by atoms with van der Waals surface area (Å²) in [4.78, 5) is 16.8. The maximum atomic E-state index is 13.2. The highest BCUT2D eigenvalue weighted by Gasteiger charge is 2.13. The summed E-state index contributed by atoms with van der Waals surface area (Å²) < 4.78 is 14.8. The molecule has 4 rings (SSSR count). The molecule has 5 nitrogen and oxygen atoms in total. The van der Waals surface area contributed by atoms with E-state index in [0.29, 0.717) is 23.4 Å². The van der Waals surface area contributed by atoms with Gasteiger partial charge in [-0.15, -0.1) is 11.3 Å². The standard InChI is InChI=1S/C20H19FN4OS/c1-13-18-11-14(12-22-9-8-17-3-2-10-27-17)20(26)23-19(18)25(24-13)16-6-4-15(21)5-7-16/h2-7,10-11,22H,8-9,12H2,1H3,(H,23,26). The van der Waals surface area contributed by atoms with Crippen molar-refractivity contribution in [1.29, 1.82) is 0 Å². The molecule has 0 aliphatic carbocycles. The summed E-state index contributed by atoms with van der Waals surface area (Å²) >= 11 is 1.74. The topological polar surface area (TPSA) is 62.7 Å². The third-order valence-corrected chi connectivity index (χ3v) is 5.40. The van der Waals surface area contributed by atoms with E-state index in [4.69, 9.17) is 0 Å². The van der Waals surface area contributed by atoms with Crippen molar-refractivity contribution in [2.24, 2.45) is 0 Å². The number of rotatable bonds is 6. The maximum absolute atomic E-state index is 13.2. The SMILES string of the molecule is Cc1nn(-c2ccc(F)cc2)c2[nH]c(=O)c(CNCCc3cccs3)cc12. The molecule has 3 heterocycles. The van der Waals surface area contributed by atoms with E-state index in [1.54, 1.807) is 28.2 Å². The van der Waals surface area contributed by atoms with Crippen LogP contribution in [0.15, 0.2) is 52.6 Å². The van der Waals surface area contributed by atoms with Crippen molar-refractivity contribution in [2.75, 3.05) is 6.54 Å². The van der Waals surface area contributed by atoms with Gasteiger partial charge in [0.15, 0.2) is 0 Å². The number of nitrogens with zero attached hydrogens (tertiary/aromatic N) is 2. The van der Waals surface area contributed by atoms with E-state index in [1.165, 1.54) is 17.0 Å². The molecule has 27 heavy (non-hydrogen) atoms. The zero-order valence-electron chi connectivity index (χ0n) is 14.8. The Bertz CT molecular complexity index is 1110. The van der Waals surface area contributed by atoms with Gasteiger partial charge in [0.2, 0.25) is 0 Å². The second kappa shape index (κ2) is 7.46. The van der Waals surface area contributed by atoms with Gasteiger partial charge in [-0.2, -0.15) is 5.10 Å². The van der Waals surface area contributed by atoms with Gasteiger partial charge in [0.1, 0.15) is 11.5 Å². The monoisotopic (exact) mass is 382 g/mol. The second-order valence-electron chi connectivity index (χ2n) is 6.37. The summed E-state index contributed by atoms with van der Waals surface area (Å²) in [5, 5.41) is 10.8. The molecule has 7 heteroatoms. The number of pyridine rings is 1. The van der Waals surface area contributed by atoms with Gasteiger partial charge >= 0.3 is 0 Å². The average Bonchev–Trinajstić information content (AvgIpc) is 3.28. The first-order valence-corrected chi connectivity index (χ1v) is 9.60. The number of halogens is 1. The molecule has 4 aromatic rings. The molecule has 0 radical (unpaired) electrons. The number of nitrogens with one attached hydrogen (secondary N) is 2. The molecule has 0 atom stereocenters. The van der Waals surface area contributed by atoms with Gasteiger partial charge in [-0.05, 0) is 55.1 Å². The van der Waals surface area contributed by atoms with Crippen molar-refractivity contribution in [3.63, 3.8) is 0 Å². The first kappa shape index (κ1) is 17.6. The van der Waals surface area contributed by atoms with Crippen molar-refractivity contribution < 1.29 is 4.39 Å². The van der Waals surface area contributed by atoms with Gasteiger partial charge in [-0.3, -0.25) is 4.79 Å². The van der Waals surface area contributed by atoms with E-state index in [2.05, 4.69) is 26.8 Å². The fraction of sp³-hybridized carbons (Fsp3) is 0.200. The zero-order valence-corrected chi connectivity index (χ0v) is 15.6. The van der Waals surface area contributed by atoms with E-state index < -0.39 is 0 Å². The smallest absolute Gasteiger partial charge is 0.254 e. The predicted molar refractivity (Wildman–Crippen MR) is 106 cm³/mol. The lowest BCUT2D eigenvalue weighted by atomic mass is 10.2. The lowest BCUT2D eigenvalue weighted by Crippen LogP contribution is -2.23. The highest BCUT2D eigenvalue weighted by atomic mass is 32.1. The summed E-state index contributed by atoms with van der Waals surface area (Å²) in [7, 11) is 0. The van der Waals surface area contributed by atoms with E-state index in [-0.39, 0.29) is 11.4 Å². The molecule has 3 aromatic heterocycles. The molecule has 0 saturated heterocycles. The predicted octanol–water partition coefficient (Wildman–Crippen LogP) is 3.56. The number of H-pyrrole nitrogens is 1. The minimum Gasteiger partial charge on any atom is -0.312 e. The summed E-state index contributed by atoms with van der Waals surface area (Å²) in [6.07, 6.45) is 0.944. The quantitative estimate of drug-likeness (QED) is 0.501. The molecule has 2 N–H and O–H groups in total. The highest BCUT2D eigenvalue weighted by molar-refractivity contribution is 7.09. The fourth-order valence-electron chi connectivity index (χ4n) is 3.05. The summed E-state index contributed by atoms with van der Waals surface area (Å²) in [5.74, 6) is -0.309. The van der Waals surface area contributed by atoms with Gasteiger partial charge in [-0.1, -0.05) is 6.07 Å².